The molecular formula is C50H48F3N7O6RuS2. The van der Waals surface area contributed by atoms with Gasteiger partial charge in [-0.1, -0.05) is 64.9 Å². The number of alkyl halides is 3. The number of thiocarbonyl (C=S) groups is 1. The predicted octanol–water partition coefficient (Wildman–Crippen LogP) is 12.6. The van der Waals surface area contributed by atoms with Gasteiger partial charge in [0.2, 0.25) is 0 Å². The topological polar surface area (TPSA) is 180 Å². The van der Waals surface area contributed by atoms with E-state index in [4.69, 9.17) is 24.6 Å². The standard InChI is InChI=1S/C30H29N3O6.C19H19F3N3S.CNS.Ru/c1-4-24(37-18-34)11-21-7-9-31-27(14-21)29-16-23(13-26(6-3)39-20-36)17-30(33-29)28-15-22(8-10-32-28)12-25(5-2)38-19-35;1-2-3-4-5-6-13-8-10-26-18(13)14-7-9-23-15(11-14)16-12-17(25-24-16)19(20,21)22;2-1-3;/h7-20H,4-6H2,1-3H3;7-12H,2-6H2,1H3;;/q;2*-1;+2/b24-11+,25-12+,26-13+;;;. The molecule has 0 saturated carbocycles. The number of aromatic nitrogens is 6. The Bertz CT molecular complexity index is 2640. The van der Waals surface area contributed by atoms with Gasteiger partial charge >= 0.3 is 25.7 Å². The van der Waals surface area contributed by atoms with Gasteiger partial charge in [-0.15, -0.1) is 11.3 Å². The number of unbranched alkanes of at least 4 members (excludes halogenated alkanes) is 3. The summed E-state index contributed by atoms with van der Waals surface area (Å²) in [6.07, 6.45) is 13.1. The number of pyridine rings is 4. The summed E-state index contributed by atoms with van der Waals surface area (Å²) in [5.41, 5.74) is 6.36. The molecular weight excluding hydrogens is 1020 g/mol. The van der Waals surface area contributed by atoms with E-state index in [0.29, 0.717) is 84.4 Å². The Kier molecular flexibility index (Phi) is 24.6. The Labute approximate surface area is 420 Å². The Morgan fingerprint density at radius 1 is 0.696 bits per heavy atom. The molecule has 6 rings (SSSR count). The summed E-state index contributed by atoms with van der Waals surface area (Å²) in [5.74, 6) is 1.52. The van der Waals surface area contributed by atoms with E-state index in [1.807, 2.05) is 51.1 Å². The van der Waals surface area contributed by atoms with E-state index in [1.54, 1.807) is 66.4 Å². The quantitative estimate of drug-likeness (QED) is 0.0126. The van der Waals surface area contributed by atoms with Crippen molar-refractivity contribution in [1.82, 2.24) is 30.1 Å². The molecule has 0 N–H and O–H groups in total. The summed E-state index contributed by atoms with van der Waals surface area (Å²) in [7, 11) is 0. The normalized spacial score (nSPS) is 11.4. The largest absolute Gasteiger partial charge is 2.00 e. The second kappa shape index (κ2) is 30.0. The van der Waals surface area contributed by atoms with Crippen LogP contribution < -0.4 is 5.10 Å². The minimum absolute atomic E-state index is 0. The molecule has 0 aromatic carbocycles. The molecule has 0 bridgehead atoms. The number of hydrogen-bond donors (Lipinski definition) is 0. The summed E-state index contributed by atoms with van der Waals surface area (Å²) < 4.78 is 53.3. The molecule has 0 aliphatic rings. The molecule has 6 aromatic rings. The number of hydrogen-bond acceptors (Lipinski definition) is 13. The average molecular weight is 1070 g/mol. The fourth-order valence-corrected chi connectivity index (χ4v) is 7.40. The number of carbonyl (C=O) groups is 3. The number of ether oxygens (including phenoxy) is 3. The first-order valence-electron chi connectivity index (χ1n) is 21.4. The van der Waals surface area contributed by atoms with Crippen LogP contribution >= 0.6 is 23.6 Å². The summed E-state index contributed by atoms with van der Waals surface area (Å²) in [6.45, 7) is 9.04. The van der Waals surface area contributed by atoms with Crippen LogP contribution in [0.3, 0.4) is 0 Å². The molecule has 0 atom stereocenters. The van der Waals surface area contributed by atoms with E-state index < -0.39 is 11.9 Å². The molecule has 19 heteroatoms. The number of allylic oxidation sites excluding steroid dienone is 3. The van der Waals surface area contributed by atoms with Crippen LogP contribution in [0.25, 0.3) is 68.2 Å². The molecule has 0 aliphatic heterocycles. The maximum Gasteiger partial charge on any atom is 2.00 e. The fourth-order valence-electron chi connectivity index (χ4n) is 6.45. The van der Waals surface area contributed by atoms with Crippen LogP contribution in [-0.4, -0.2) is 49.6 Å². The molecule has 0 amide bonds. The zero-order valence-electron chi connectivity index (χ0n) is 38.1. The molecule has 13 nitrogen and oxygen atoms in total. The Hall–Kier alpha value is -6.65. The number of isothiocyanates is 1. The van der Waals surface area contributed by atoms with E-state index in [-0.39, 0.29) is 25.2 Å². The van der Waals surface area contributed by atoms with Crippen molar-refractivity contribution < 1.29 is 61.2 Å². The van der Waals surface area contributed by atoms with Gasteiger partial charge in [0.1, 0.15) is 23.0 Å². The van der Waals surface area contributed by atoms with Crippen LogP contribution in [0.15, 0.2) is 102 Å². The van der Waals surface area contributed by atoms with E-state index >= 15 is 0 Å². The van der Waals surface area contributed by atoms with Gasteiger partial charge in [-0.05, 0) is 125 Å². The van der Waals surface area contributed by atoms with Crippen molar-refractivity contribution in [1.29, 1.82) is 0 Å². The number of rotatable bonds is 21. The van der Waals surface area contributed by atoms with Crippen LogP contribution in [0.5, 0.6) is 0 Å². The van der Waals surface area contributed by atoms with Gasteiger partial charge in [0, 0.05) is 42.7 Å². The van der Waals surface area contributed by atoms with Crippen molar-refractivity contribution >= 4 is 66.4 Å². The number of halogens is 3. The molecule has 6 heterocycles. The minimum Gasteiger partial charge on any atom is -0.753 e. The molecule has 0 saturated heterocycles. The van der Waals surface area contributed by atoms with Gasteiger partial charge in [0.25, 0.3) is 19.4 Å². The summed E-state index contributed by atoms with van der Waals surface area (Å²) >= 11 is 5.34. The van der Waals surface area contributed by atoms with E-state index in [2.05, 4.69) is 55.7 Å². The van der Waals surface area contributed by atoms with Crippen LogP contribution in [0.1, 0.15) is 101 Å². The van der Waals surface area contributed by atoms with Crippen molar-refractivity contribution in [3.63, 3.8) is 0 Å². The number of carbonyl (C=O) groups excluding carboxylic acids is 3. The van der Waals surface area contributed by atoms with Crippen LogP contribution in [-0.2, 0) is 60.7 Å². The van der Waals surface area contributed by atoms with Crippen LogP contribution in [0.2, 0.25) is 0 Å². The molecule has 0 unspecified atom stereocenters. The zero-order valence-corrected chi connectivity index (χ0v) is 41.5. The van der Waals surface area contributed by atoms with Crippen LogP contribution in [0, 0.1) is 0 Å². The van der Waals surface area contributed by atoms with Crippen molar-refractivity contribution in [2.75, 3.05) is 0 Å². The third-order valence-corrected chi connectivity index (χ3v) is 10.7. The van der Waals surface area contributed by atoms with Gasteiger partial charge in [-0.3, -0.25) is 29.3 Å². The number of nitrogens with zero attached hydrogens (tertiary/aromatic N) is 7. The Morgan fingerprint density at radius 2 is 1.19 bits per heavy atom. The summed E-state index contributed by atoms with van der Waals surface area (Å²) in [6, 6.07) is 17.7. The molecule has 6 aromatic heterocycles. The third kappa shape index (κ3) is 18.1. The Balaban J connectivity index is 0.000000364. The maximum absolute atomic E-state index is 12.7. The third-order valence-electron chi connectivity index (χ3n) is 9.73. The molecule has 360 valence electrons. The molecule has 0 fully saturated rings. The number of aryl methyl sites for hydroxylation is 1. The number of thiophene rings is 1. The smallest absolute Gasteiger partial charge is 0.753 e. The second-order valence-corrected chi connectivity index (χ2v) is 15.5. The first-order chi connectivity index (χ1) is 32.9. The molecule has 69 heavy (non-hydrogen) atoms. The minimum atomic E-state index is -4.50. The van der Waals surface area contributed by atoms with Crippen molar-refractivity contribution in [3.8, 4) is 44.6 Å². The second-order valence-electron chi connectivity index (χ2n) is 14.4. The van der Waals surface area contributed by atoms with Gasteiger partial charge < -0.3 is 29.8 Å². The maximum atomic E-state index is 12.7. The molecule has 0 spiro atoms. The predicted molar refractivity (Wildman–Crippen MR) is 260 cm³/mol. The van der Waals surface area contributed by atoms with Crippen LogP contribution in [0.4, 0.5) is 13.2 Å². The van der Waals surface area contributed by atoms with Crippen molar-refractivity contribution in [3.05, 3.63) is 135 Å². The monoisotopic (exact) mass is 1070 g/mol. The first-order valence-corrected chi connectivity index (χ1v) is 22.7. The zero-order chi connectivity index (χ0) is 49.3. The van der Waals surface area contributed by atoms with E-state index in [1.165, 1.54) is 30.0 Å². The van der Waals surface area contributed by atoms with Crippen molar-refractivity contribution in [2.24, 2.45) is 0 Å². The van der Waals surface area contributed by atoms with Crippen molar-refractivity contribution in [2.45, 2.75) is 85.2 Å². The summed E-state index contributed by atoms with van der Waals surface area (Å²) in [4.78, 5) is 51.7. The van der Waals surface area contributed by atoms with Gasteiger partial charge in [-0.25, -0.2) is 4.98 Å². The van der Waals surface area contributed by atoms with E-state index in [9.17, 15) is 27.6 Å². The van der Waals surface area contributed by atoms with Gasteiger partial charge in [0.15, 0.2) is 0 Å². The van der Waals surface area contributed by atoms with Gasteiger partial charge in [-0.2, -0.15) is 18.3 Å². The summed E-state index contributed by atoms with van der Waals surface area (Å²) in [5, 5.41) is 17.4. The fraction of sp³-hybridized carbons (Fsp3) is 0.260. The average Bonchev–Trinajstić information content (AvgIpc) is 4.05. The Morgan fingerprint density at radius 3 is 1.67 bits per heavy atom. The first kappa shape index (κ1) is 56.7. The SMILES string of the molecule is CC/C(=C\c1ccnc(-c2cc(/C=C(\CC)OC=O)cc(-c3cc(/C=C(\CC)OC=O)ccn3)n2)c1)OC=O.CCCCCCc1ccsc1-c1ccnc(-c2cc(C(F)(F)F)n[n-]2)c1.[N-]=C=S.[Ru+2]. The molecule has 0 radical (unpaired) electrons. The van der Waals surface area contributed by atoms with Gasteiger partial charge in [0.05, 0.1) is 28.5 Å². The van der Waals surface area contributed by atoms with E-state index in [0.717, 1.165) is 46.0 Å². The molecule has 0 aliphatic carbocycles.